The lowest BCUT2D eigenvalue weighted by Gasteiger charge is -2.09. The molecule has 1 N–H and O–H groups in total. The van der Waals surface area contributed by atoms with Crippen molar-refractivity contribution in [1.82, 2.24) is 0 Å². The molecule has 0 unspecified atom stereocenters. The molecule has 0 saturated carbocycles. The third-order valence-electron chi connectivity index (χ3n) is 2.37. The molecule has 2 rings (SSSR count). The molecule has 0 bridgehead atoms. The zero-order chi connectivity index (χ0) is 11.8. The third kappa shape index (κ3) is 1.69. The molecule has 0 saturated heterocycles. The van der Waals surface area contributed by atoms with Crippen molar-refractivity contribution in [1.29, 1.82) is 0 Å². The molecular formula is C10H8N2O3S. The molecule has 6 heteroatoms. The van der Waals surface area contributed by atoms with Gasteiger partial charge < -0.3 is 5.53 Å². The molecule has 0 aliphatic heterocycles. The molecule has 1 aliphatic carbocycles. The van der Waals surface area contributed by atoms with Crippen LogP contribution in [0.3, 0.4) is 0 Å². The molecule has 5 nitrogen and oxygen atoms in total. The van der Waals surface area contributed by atoms with Crippen LogP contribution in [0.1, 0.15) is 17.5 Å². The van der Waals surface area contributed by atoms with Gasteiger partial charge in [-0.3, -0.25) is 4.55 Å². The molecule has 0 aromatic heterocycles. The summed E-state index contributed by atoms with van der Waals surface area (Å²) in [6.45, 7) is 0. The lowest BCUT2D eigenvalue weighted by Crippen LogP contribution is -2.11. The fourth-order valence-corrected chi connectivity index (χ4v) is 2.39. The van der Waals surface area contributed by atoms with E-state index in [9.17, 15) is 8.42 Å². The smallest absolute Gasteiger partial charge is 0.303 e. The van der Waals surface area contributed by atoms with Crippen LogP contribution in [0, 0.1) is 0 Å². The van der Waals surface area contributed by atoms with Crippen LogP contribution in [-0.4, -0.2) is 23.5 Å². The van der Waals surface area contributed by atoms with Gasteiger partial charge in [-0.15, -0.1) is 0 Å². The van der Waals surface area contributed by atoms with Crippen LogP contribution in [0.2, 0.25) is 0 Å². The van der Waals surface area contributed by atoms with Crippen molar-refractivity contribution in [2.75, 3.05) is 0 Å². The second-order valence-corrected chi connectivity index (χ2v) is 4.74. The van der Waals surface area contributed by atoms with Crippen LogP contribution < -0.4 is 0 Å². The van der Waals surface area contributed by atoms with E-state index in [4.69, 9.17) is 10.1 Å². The van der Waals surface area contributed by atoms with Crippen LogP contribution in [0.5, 0.6) is 0 Å². The highest BCUT2D eigenvalue weighted by atomic mass is 32.2. The molecule has 82 valence electrons. The van der Waals surface area contributed by atoms with Gasteiger partial charge in [0.05, 0.1) is 12.0 Å². The van der Waals surface area contributed by atoms with Gasteiger partial charge in [-0.25, -0.2) is 0 Å². The summed E-state index contributed by atoms with van der Waals surface area (Å²) in [7, 11) is -4.26. The van der Waals surface area contributed by atoms with Gasteiger partial charge in [0.25, 0.3) is 10.1 Å². The summed E-state index contributed by atoms with van der Waals surface area (Å²) in [5.74, 6) is 0. The highest BCUT2D eigenvalue weighted by Gasteiger charge is 2.24. The molecular weight excluding hydrogens is 228 g/mol. The number of rotatable bonds is 1. The van der Waals surface area contributed by atoms with Gasteiger partial charge in [-0.2, -0.15) is 13.2 Å². The summed E-state index contributed by atoms with van der Waals surface area (Å²) in [5.41, 5.74) is 10.0. The number of hydrogen-bond acceptors (Lipinski definition) is 2. The summed E-state index contributed by atoms with van der Waals surface area (Å²) in [4.78, 5) is 2.92. The largest absolute Gasteiger partial charge is 0.361 e. The first-order valence-corrected chi connectivity index (χ1v) is 5.96. The molecule has 0 radical (unpaired) electrons. The maximum atomic E-state index is 11.1. The Kier molecular flexibility index (Phi) is 2.47. The molecule has 1 aromatic carbocycles. The van der Waals surface area contributed by atoms with E-state index in [0.717, 1.165) is 0 Å². The van der Waals surface area contributed by atoms with Gasteiger partial charge in [-0.1, -0.05) is 18.2 Å². The Bertz CT molecular complexity index is 625. The fourth-order valence-electron chi connectivity index (χ4n) is 1.69. The minimum absolute atomic E-state index is 0.179. The number of fused-ring (bicyclic) bond motifs is 1. The van der Waals surface area contributed by atoms with Crippen LogP contribution >= 0.6 is 0 Å². The first-order chi connectivity index (χ1) is 7.54. The molecule has 0 fully saturated rings. The van der Waals surface area contributed by atoms with E-state index in [1.807, 2.05) is 0 Å². The van der Waals surface area contributed by atoms with Crippen LogP contribution in [0.25, 0.3) is 11.6 Å². The van der Waals surface area contributed by atoms with E-state index in [-0.39, 0.29) is 4.90 Å². The SMILES string of the molecule is [N-]=[N+]=C1CC=Cc2c1cccc2S(=O)(=O)O. The number of benzene rings is 1. The molecule has 0 heterocycles. The Morgan fingerprint density at radius 3 is 2.75 bits per heavy atom. The molecule has 16 heavy (non-hydrogen) atoms. The van der Waals surface area contributed by atoms with Gasteiger partial charge >= 0.3 is 5.71 Å². The van der Waals surface area contributed by atoms with Crippen molar-refractivity contribution >= 4 is 21.9 Å². The normalized spacial score (nSPS) is 14.4. The number of hydrogen-bond donors (Lipinski definition) is 1. The number of allylic oxidation sites excluding steroid dienone is 1. The van der Waals surface area contributed by atoms with Gasteiger partial charge in [0.1, 0.15) is 4.90 Å². The predicted octanol–water partition coefficient (Wildman–Crippen LogP) is 1.37. The predicted molar refractivity (Wildman–Crippen MR) is 57.6 cm³/mol. The summed E-state index contributed by atoms with van der Waals surface area (Å²) in [6, 6.07) is 4.44. The maximum absolute atomic E-state index is 11.1. The Morgan fingerprint density at radius 1 is 1.38 bits per heavy atom. The summed E-state index contributed by atoms with van der Waals surface area (Å²) < 4.78 is 31.3. The van der Waals surface area contributed by atoms with Gasteiger partial charge in [0.2, 0.25) is 0 Å². The Balaban J connectivity index is 2.81. The third-order valence-corrected chi connectivity index (χ3v) is 3.28. The standard InChI is InChI=1S/C10H8N2O3S/c11-12-9-5-1-4-8-7(9)3-2-6-10(8)16(13,14)15/h1-4,6H,5H2,(H,13,14,15). The van der Waals surface area contributed by atoms with Crippen molar-refractivity contribution in [2.45, 2.75) is 11.3 Å². The Labute approximate surface area is 92.4 Å². The first-order valence-electron chi connectivity index (χ1n) is 4.52. The second-order valence-electron chi connectivity index (χ2n) is 3.35. The Hall–Kier alpha value is -1.75. The van der Waals surface area contributed by atoms with E-state index in [1.54, 1.807) is 18.2 Å². The van der Waals surface area contributed by atoms with E-state index in [1.165, 1.54) is 12.1 Å². The fraction of sp³-hybridized carbons (Fsp3) is 0.100. The lowest BCUT2D eigenvalue weighted by atomic mass is 9.96. The molecule has 0 spiro atoms. The minimum atomic E-state index is -4.26. The van der Waals surface area contributed by atoms with Crippen molar-refractivity contribution in [3.8, 4) is 0 Å². The topological polar surface area (TPSA) is 90.8 Å². The lowest BCUT2D eigenvalue weighted by molar-refractivity contribution is -0.00608. The van der Waals surface area contributed by atoms with Crippen molar-refractivity contribution < 1.29 is 17.8 Å². The van der Waals surface area contributed by atoms with Crippen molar-refractivity contribution in [3.63, 3.8) is 0 Å². The van der Waals surface area contributed by atoms with Gasteiger partial charge in [-0.05, 0) is 12.1 Å². The zero-order valence-electron chi connectivity index (χ0n) is 8.16. The monoisotopic (exact) mass is 236 g/mol. The molecule has 0 atom stereocenters. The van der Waals surface area contributed by atoms with Crippen LogP contribution in [0.4, 0.5) is 0 Å². The summed E-state index contributed by atoms with van der Waals surface area (Å²) >= 11 is 0. The molecule has 0 amide bonds. The quantitative estimate of drug-likeness (QED) is 0.453. The van der Waals surface area contributed by atoms with E-state index in [2.05, 4.69) is 4.79 Å². The molecule has 1 aromatic rings. The van der Waals surface area contributed by atoms with Crippen LogP contribution in [-0.2, 0) is 10.1 Å². The average molecular weight is 236 g/mol. The highest BCUT2D eigenvalue weighted by molar-refractivity contribution is 7.86. The summed E-state index contributed by atoms with van der Waals surface area (Å²) in [5, 5.41) is 0. The van der Waals surface area contributed by atoms with E-state index >= 15 is 0 Å². The second kappa shape index (κ2) is 3.68. The van der Waals surface area contributed by atoms with E-state index in [0.29, 0.717) is 23.3 Å². The minimum Gasteiger partial charge on any atom is -0.361 e. The zero-order valence-corrected chi connectivity index (χ0v) is 8.98. The van der Waals surface area contributed by atoms with Gasteiger partial charge in [0, 0.05) is 5.56 Å². The van der Waals surface area contributed by atoms with E-state index < -0.39 is 10.1 Å². The summed E-state index contributed by atoms with van der Waals surface area (Å²) in [6.07, 6.45) is 3.69. The number of nitrogens with zero attached hydrogens (tertiary/aromatic N) is 2. The highest BCUT2D eigenvalue weighted by Crippen LogP contribution is 2.25. The molecule has 1 aliphatic rings. The average Bonchev–Trinajstić information content (AvgIpc) is 2.26. The van der Waals surface area contributed by atoms with Crippen LogP contribution in [0.15, 0.2) is 29.2 Å². The first kappa shape index (κ1) is 10.8. The van der Waals surface area contributed by atoms with Gasteiger partial charge in [0.15, 0.2) is 0 Å². The van der Waals surface area contributed by atoms with Crippen molar-refractivity contribution in [3.05, 3.63) is 40.9 Å². The Morgan fingerprint density at radius 2 is 2.12 bits per heavy atom. The maximum Gasteiger partial charge on any atom is 0.303 e. The van der Waals surface area contributed by atoms with Crippen molar-refractivity contribution in [2.24, 2.45) is 0 Å².